The Balaban J connectivity index is 2.13. The highest BCUT2D eigenvalue weighted by Crippen LogP contribution is 2.72. The van der Waals surface area contributed by atoms with E-state index in [1.54, 1.807) is 0 Å². The summed E-state index contributed by atoms with van der Waals surface area (Å²) in [5.74, 6) is 2.06. The lowest BCUT2D eigenvalue weighted by atomic mass is 9.91. The minimum atomic E-state index is -2.77. The van der Waals surface area contributed by atoms with E-state index in [1.165, 1.54) is 16.7 Å². The van der Waals surface area contributed by atoms with E-state index in [0.29, 0.717) is 0 Å². The SMILES string of the molecule is CC1=C[C@@H]2C(C)=C(C)C(c3ccccc3)=C(c3ccccc3)P2(=O)C=C1C. The second-order valence-corrected chi connectivity index (χ2v) is 10.3. The molecule has 0 saturated carbocycles. The lowest BCUT2D eigenvalue weighted by Gasteiger charge is -2.38. The van der Waals surface area contributed by atoms with Crippen LogP contribution in [0.25, 0.3) is 10.9 Å². The van der Waals surface area contributed by atoms with E-state index in [4.69, 9.17) is 0 Å². The first kappa shape index (κ1) is 18.0. The van der Waals surface area contributed by atoms with Gasteiger partial charge in [-0.2, -0.15) is 0 Å². The maximum Gasteiger partial charge on any atom is 0.148 e. The van der Waals surface area contributed by atoms with Gasteiger partial charge in [-0.15, -0.1) is 0 Å². The summed E-state index contributed by atoms with van der Waals surface area (Å²) in [7, 11) is -2.77. The Hall–Kier alpha value is -2.37. The molecule has 0 aliphatic carbocycles. The highest BCUT2D eigenvalue weighted by atomic mass is 31.2. The van der Waals surface area contributed by atoms with Crippen molar-refractivity contribution in [3.8, 4) is 0 Å². The molecule has 136 valence electrons. The zero-order valence-electron chi connectivity index (χ0n) is 16.4. The summed E-state index contributed by atoms with van der Waals surface area (Å²) in [6, 6.07) is 20.7. The van der Waals surface area contributed by atoms with Crippen LogP contribution < -0.4 is 0 Å². The highest BCUT2D eigenvalue weighted by Gasteiger charge is 2.43. The summed E-state index contributed by atoms with van der Waals surface area (Å²) >= 11 is 0. The Morgan fingerprint density at radius 2 is 1.30 bits per heavy atom. The van der Waals surface area contributed by atoms with Gasteiger partial charge in [-0.25, -0.2) is 0 Å². The van der Waals surface area contributed by atoms with Crippen molar-refractivity contribution < 1.29 is 4.57 Å². The standard InChI is InChI=1S/C25H25OP/c1-17-15-23-19(3)20(4)24(21-11-7-5-8-12-21)25(22-13-9-6-10-14-22)27(23,26)16-18(17)2/h5-16,23H,1-4H3/t23-,27?/m1/s1. The molecule has 0 saturated heterocycles. The van der Waals surface area contributed by atoms with Crippen LogP contribution in [0.3, 0.4) is 0 Å². The number of allylic oxidation sites excluding steroid dienone is 6. The average Bonchev–Trinajstić information content (AvgIpc) is 2.68. The van der Waals surface area contributed by atoms with Gasteiger partial charge in [-0.05, 0) is 61.4 Å². The maximum atomic E-state index is 14.6. The van der Waals surface area contributed by atoms with Crippen LogP contribution >= 0.6 is 7.14 Å². The van der Waals surface area contributed by atoms with Crippen molar-refractivity contribution in [2.24, 2.45) is 0 Å². The van der Waals surface area contributed by atoms with Crippen molar-refractivity contribution in [2.45, 2.75) is 33.4 Å². The van der Waals surface area contributed by atoms with Gasteiger partial charge in [0.1, 0.15) is 7.14 Å². The smallest absolute Gasteiger partial charge is 0.148 e. The Bertz CT molecular complexity index is 1070. The quantitative estimate of drug-likeness (QED) is 0.499. The van der Waals surface area contributed by atoms with E-state index in [1.807, 2.05) is 24.3 Å². The number of benzene rings is 2. The second kappa shape index (κ2) is 6.66. The highest BCUT2D eigenvalue weighted by molar-refractivity contribution is 7.78. The van der Waals surface area contributed by atoms with Crippen LogP contribution in [0.4, 0.5) is 0 Å². The minimum absolute atomic E-state index is 0.0381. The topological polar surface area (TPSA) is 17.1 Å². The second-order valence-electron chi connectivity index (χ2n) is 7.58. The molecule has 2 heteroatoms. The van der Waals surface area contributed by atoms with Crippen molar-refractivity contribution in [1.82, 2.24) is 0 Å². The van der Waals surface area contributed by atoms with Crippen molar-refractivity contribution >= 4 is 18.0 Å². The van der Waals surface area contributed by atoms with Crippen LogP contribution in [-0.2, 0) is 4.57 Å². The van der Waals surface area contributed by atoms with E-state index in [2.05, 4.69) is 76.0 Å². The molecule has 27 heavy (non-hydrogen) atoms. The van der Waals surface area contributed by atoms with Crippen LogP contribution in [0.15, 0.2) is 94.8 Å². The van der Waals surface area contributed by atoms with Crippen molar-refractivity contribution in [3.63, 3.8) is 0 Å². The fourth-order valence-electron chi connectivity index (χ4n) is 4.24. The zero-order chi connectivity index (χ0) is 19.2. The number of hydrogen-bond donors (Lipinski definition) is 0. The van der Waals surface area contributed by atoms with E-state index >= 15 is 0 Å². The molecule has 2 heterocycles. The Kier molecular flexibility index (Phi) is 4.44. The van der Waals surface area contributed by atoms with Crippen LogP contribution in [0, 0.1) is 0 Å². The summed E-state index contributed by atoms with van der Waals surface area (Å²) < 4.78 is 14.6. The minimum Gasteiger partial charge on any atom is -0.313 e. The van der Waals surface area contributed by atoms with Gasteiger partial charge >= 0.3 is 0 Å². The first-order chi connectivity index (χ1) is 12.9. The van der Waals surface area contributed by atoms with Crippen LogP contribution in [-0.4, -0.2) is 5.66 Å². The lowest BCUT2D eigenvalue weighted by molar-refractivity contribution is 0.584. The molecular formula is C25H25OP. The van der Waals surface area contributed by atoms with Crippen LogP contribution in [0.1, 0.15) is 38.8 Å². The summed E-state index contributed by atoms with van der Waals surface area (Å²) in [4.78, 5) is 0. The monoisotopic (exact) mass is 372 g/mol. The molecule has 2 aromatic rings. The largest absolute Gasteiger partial charge is 0.313 e. The molecule has 2 aromatic carbocycles. The maximum absolute atomic E-state index is 14.6. The summed E-state index contributed by atoms with van der Waals surface area (Å²) in [6.07, 6.45) is 2.22. The molecule has 2 aliphatic heterocycles. The molecule has 2 atom stereocenters. The Labute approximate surface area is 162 Å². The fraction of sp³-hybridized carbons (Fsp3) is 0.200. The number of hydrogen-bond acceptors (Lipinski definition) is 1. The van der Waals surface area contributed by atoms with Crippen LogP contribution in [0.5, 0.6) is 0 Å². The molecule has 0 N–H and O–H groups in total. The first-order valence-electron chi connectivity index (χ1n) is 9.44. The van der Waals surface area contributed by atoms with Gasteiger partial charge in [0.05, 0.1) is 5.66 Å². The van der Waals surface area contributed by atoms with Gasteiger partial charge in [-0.1, -0.05) is 77.9 Å². The van der Waals surface area contributed by atoms with Gasteiger partial charge in [0, 0.05) is 5.31 Å². The van der Waals surface area contributed by atoms with Gasteiger partial charge in [0.2, 0.25) is 0 Å². The molecule has 0 fully saturated rings. The molecule has 0 amide bonds. The van der Waals surface area contributed by atoms with Gasteiger partial charge in [0.15, 0.2) is 0 Å². The molecule has 0 radical (unpaired) electrons. The lowest BCUT2D eigenvalue weighted by Crippen LogP contribution is -2.18. The van der Waals surface area contributed by atoms with E-state index < -0.39 is 7.14 Å². The zero-order valence-corrected chi connectivity index (χ0v) is 17.3. The molecule has 0 bridgehead atoms. The normalized spacial score (nSPS) is 25.1. The summed E-state index contributed by atoms with van der Waals surface area (Å²) in [5.41, 5.74) is 8.12. The third kappa shape index (κ3) is 2.82. The predicted octanol–water partition coefficient (Wildman–Crippen LogP) is 7.50. The summed E-state index contributed by atoms with van der Waals surface area (Å²) in [5, 5.41) is 1.01. The van der Waals surface area contributed by atoms with Crippen molar-refractivity contribution in [1.29, 1.82) is 0 Å². The molecule has 0 aromatic heterocycles. The van der Waals surface area contributed by atoms with Gasteiger partial charge < -0.3 is 4.57 Å². The molecule has 1 nitrogen and oxygen atoms in total. The predicted molar refractivity (Wildman–Crippen MR) is 117 cm³/mol. The van der Waals surface area contributed by atoms with Gasteiger partial charge in [-0.3, -0.25) is 0 Å². The first-order valence-corrected chi connectivity index (χ1v) is 11.3. The number of fused-ring (bicyclic) bond motifs is 1. The third-order valence-electron chi connectivity index (χ3n) is 5.93. The molecular weight excluding hydrogens is 347 g/mol. The van der Waals surface area contributed by atoms with E-state index in [0.717, 1.165) is 27.6 Å². The van der Waals surface area contributed by atoms with E-state index in [9.17, 15) is 4.57 Å². The number of rotatable bonds is 2. The average molecular weight is 372 g/mol. The Morgan fingerprint density at radius 3 is 1.89 bits per heavy atom. The van der Waals surface area contributed by atoms with Crippen LogP contribution in [0.2, 0.25) is 0 Å². The Morgan fingerprint density at radius 1 is 0.741 bits per heavy atom. The van der Waals surface area contributed by atoms with Gasteiger partial charge in [0.25, 0.3) is 0 Å². The molecule has 2 aliphatic rings. The van der Waals surface area contributed by atoms with Crippen molar-refractivity contribution in [2.75, 3.05) is 0 Å². The van der Waals surface area contributed by atoms with E-state index in [-0.39, 0.29) is 5.66 Å². The molecule has 0 spiro atoms. The third-order valence-corrected chi connectivity index (χ3v) is 9.25. The molecule has 1 unspecified atom stereocenters. The van der Waals surface area contributed by atoms with Crippen molar-refractivity contribution in [3.05, 3.63) is 106 Å². The molecule has 4 rings (SSSR count). The fourth-order valence-corrected chi connectivity index (χ4v) is 8.00. The summed E-state index contributed by atoms with van der Waals surface area (Å²) in [6.45, 7) is 8.53.